The summed E-state index contributed by atoms with van der Waals surface area (Å²) >= 11 is -0.205. The maximum Gasteiger partial charge on any atom is 0.446 e. The maximum absolute atomic E-state index is 12.5. The number of hydrogen-bond acceptors (Lipinski definition) is 5. The van der Waals surface area contributed by atoms with Crippen molar-refractivity contribution in [2.24, 2.45) is 0 Å². The Hall–Kier alpha value is -1.97. The predicted molar refractivity (Wildman–Crippen MR) is 99.3 cm³/mol. The van der Waals surface area contributed by atoms with Gasteiger partial charge in [-0.05, 0) is 55.1 Å². The van der Waals surface area contributed by atoms with Gasteiger partial charge in [-0.25, -0.2) is 0 Å². The lowest BCUT2D eigenvalue weighted by Crippen LogP contribution is -2.43. The molecule has 1 aliphatic rings. The number of rotatable bonds is 6. The van der Waals surface area contributed by atoms with Crippen LogP contribution >= 0.6 is 11.8 Å². The first-order chi connectivity index (χ1) is 13.3. The van der Waals surface area contributed by atoms with Gasteiger partial charge in [0.15, 0.2) is 0 Å². The van der Waals surface area contributed by atoms with Crippen LogP contribution < -0.4 is 5.32 Å². The molecule has 2 aromatic rings. The highest BCUT2D eigenvalue weighted by molar-refractivity contribution is 8.00. The first-order valence-electron chi connectivity index (χ1n) is 8.84. The number of carbonyl (C=O) groups is 1. The van der Waals surface area contributed by atoms with Crippen molar-refractivity contribution >= 4 is 17.7 Å². The second-order valence-corrected chi connectivity index (χ2v) is 7.53. The van der Waals surface area contributed by atoms with Crippen molar-refractivity contribution in [2.45, 2.75) is 23.4 Å². The van der Waals surface area contributed by atoms with Crippen molar-refractivity contribution in [2.75, 3.05) is 32.8 Å². The van der Waals surface area contributed by atoms with Crippen molar-refractivity contribution in [3.05, 3.63) is 53.5 Å². The molecule has 0 aliphatic carbocycles. The molecule has 0 spiro atoms. The van der Waals surface area contributed by atoms with E-state index in [1.807, 2.05) is 19.1 Å². The van der Waals surface area contributed by atoms with E-state index in [1.165, 1.54) is 24.3 Å². The lowest BCUT2D eigenvalue weighted by molar-refractivity contribution is -0.0328. The Balaban J connectivity index is 1.64. The largest absolute Gasteiger partial charge is 0.465 e. The molecule has 1 aromatic carbocycles. The number of hydrogen-bond donors (Lipinski definition) is 1. The molecule has 2 heterocycles. The zero-order valence-corrected chi connectivity index (χ0v) is 16.1. The molecule has 9 heteroatoms. The summed E-state index contributed by atoms with van der Waals surface area (Å²) in [6, 6.07) is 9.01. The summed E-state index contributed by atoms with van der Waals surface area (Å²) < 4.78 is 48.4. The van der Waals surface area contributed by atoms with E-state index < -0.39 is 5.51 Å². The number of thioether (sulfide) groups is 1. The van der Waals surface area contributed by atoms with Crippen LogP contribution in [-0.4, -0.2) is 49.2 Å². The van der Waals surface area contributed by atoms with Gasteiger partial charge in [0.05, 0.1) is 19.3 Å². The van der Waals surface area contributed by atoms with Gasteiger partial charge in [-0.1, -0.05) is 0 Å². The van der Waals surface area contributed by atoms with Crippen molar-refractivity contribution in [3.63, 3.8) is 0 Å². The molecule has 0 saturated carbocycles. The Kier molecular flexibility index (Phi) is 6.69. The number of carbonyl (C=O) groups excluding carboxylic acids is 1. The van der Waals surface area contributed by atoms with Crippen LogP contribution in [0.2, 0.25) is 0 Å². The second kappa shape index (κ2) is 9.02. The summed E-state index contributed by atoms with van der Waals surface area (Å²) in [4.78, 5) is 14.7. The van der Waals surface area contributed by atoms with Gasteiger partial charge in [-0.2, -0.15) is 13.2 Å². The van der Waals surface area contributed by atoms with Crippen molar-refractivity contribution in [3.8, 4) is 0 Å². The van der Waals surface area contributed by atoms with Crippen LogP contribution in [0.5, 0.6) is 0 Å². The van der Waals surface area contributed by atoms with Crippen molar-refractivity contribution in [1.29, 1.82) is 0 Å². The summed E-state index contributed by atoms with van der Waals surface area (Å²) in [7, 11) is 0. The molecular formula is C19H21F3N2O3S. The molecule has 1 aromatic heterocycles. The number of amides is 1. The molecule has 5 nitrogen and oxygen atoms in total. The minimum absolute atomic E-state index is 0.0429. The molecule has 152 valence electrons. The van der Waals surface area contributed by atoms with E-state index in [0.29, 0.717) is 25.3 Å². The second-order valence-electron chi connectivity index (χ2n) is 6.39. The number of aryl methyl sites for hydroxylation is 1. The summed E-state index contributed by atoms with van der Waals surface area (Å²) in [6.07, 6.45) is 0. The zero-order valence-electron chi connectivity index (χ0n) is 15.3. The van der Waals surface area contributed by atoms with E-state index in [1.54, 1.807) is 0 Å². The third-order valence-corrected chi connectivity index (χ3v) is 5.12. The number of benzene rings is 1. The average molecular weight is 414 g/mol. The van der Waals surface area contributed by atoms with Crippen LogP contribution in [0.1, 0.15) is 27.9 Å². The SMILES string of the molecule is Cc1ccc(C(CNC(=O)c2ccc(SC(F)(F)F)cc2)N2CCOCC2)o1. The van der Waals surface area contributed by atoms with Gasteiger partial charge in [-0.3, -0.25) is 9.69 Å². The highest BCUT2D eigenvalue weighted by Crippen LogP contribution is 2.36. The minimum Gasteiger partial charge on any atom is -0.465 e. The highest BCUT2D eigenvalue weighted by Gasteiger charge is 2.29. The number of alkyl halides is 3. The molecule has 1 fully saturated rings. The number of ether oxygens (including phenoxy) is 1. The monoisotopic (exact) mass is 414 g/mol. The number of halogens is 3. The van der Waals surface area contributed by atoms with Crippen LogP contribution in [-0.2, 0) is 4.74 Å². The molecule has 28 heavy (non-hydrogen) atoms. The number of furan rings is 1. The first-order valence-corrected chi connectivity index (χ1v) is 9.65. The van der Waals surface area contributed by atoms with Crippen molar-refractivity contribution in [1.82, 2.24) is 10.2 Å². The van der Waals surface area contributed by atoms with Gasteiger partial charge in [0, 0.05) is 30.1 Å². The molecule has 1 amide bonds. The molecule has 0 bridgehead atoms. The molecule has 1 unspecified atom stereocenters. The zero-order chi connectivity index (χ0) is 20.1. The van der Waals surface area contributed by atoms with Gasteiger partial charge in [0.1, 0.15) is 11.5 Å². The lowest BCUT2D eigenvalue weighted by Gasteiger charge is -2.33. The Bertz CT molecular complexity index is 786. The molecule has 3 rings (SSSR count). The first kappa shape index (κ1) is 20.8. The number of nitrogens with zero attached hydrogens (tertiary/aromatic N) is 1. The van der Waals surface area contributed by atoms with E-state index in [4.69, 9.17) is 9.15 Å². The third kappa shape index (κ3) is 5.76. The van der Waals surface area contributed by atoms with Crippen LogP contribution in [0.15, 0.2) is 45.7 Å². The van der Waals surface area contributed by atoms with E-state index in [2.05, 4.69) is 10.2 Å². The lowest BCUT2D eigenvalue weighted by atomic mass is 10.1. The molecule has 1 N–H and O–H groups in total. The molecule has 1 aliphatic heterocycles. The van der Waals surface area contributed by atoms with Crippen LogP contribution in [0, 0.1) is 6.92 Å². The van der Waals surface area contributed by atoms with E-state index in [9.17, 15) is 18.0 Å². The van der Waals surface area contributed by atoms with E-state index >= 15 is 0 Å². The van der Waals surface area contributed by atoms with Crippen LogP contribution in [0.25, 0.3) is 0 Å². The smallest absolute Gasteiger partial charge is 0.446 e. The molecule has 1 saturated heterocycles. The molecule has 0 radical (unpaired) electrons. The molecular weight excluding hydrogens is 393 g/mol. The van der Waals surface area contributed by atoms with Gasteiger partial charge in [-0.15, -0.1) is 0 Å². The topological polar surface area (TPSA) is 54.7 Å². The van der Waals surface area contributed by atoms with Gasteiger partial charge in [0.2, 0.25) is 0 Å². The Morgan fingerprint density at radius 3 is 2.43 bits per heavy atom. The summed E-state index contributed by atoms with van der Waals surface area (Å²) in [5.41, 5.74) is -4.04. The fraction of sp³-hybridized carbons (Fsp3) is 0.421. The molecule has 1 atom stereocenters. The van der Waals surface area contributed by atoms with Crippen molar-refractivity contribution < 1.29 is 27.1 Å². The normalized spacial score (nSPS) is 16.7. The van der Waals surface area contributed by atoms with Gasteiger partial charge < -0.3 is 14.5 Å². The van der Waals surface area contributed by atoms with Gasteiger partial charge >= 0.3 is 5.51 Å². The Labute approximate surface area is 165 Å². The van der Waals surface area contributed by atoms with Gasteiger partial charge in [0.25, 0.3) is 5.91 Å². The van der Waals surface area contributed by atoms with Crippen LogP contribution in [0.3, 0.4) is 0 Å². The highest BCUT2D eigenvalue weighted by atomic mass is 32.2. The van der Waals surface area contributed by atoms with E-state index in [-0.39, 0.29) is 28.6 Å². The summed E-state index contributed by atoms with van der Waals surface area (Å²) in [5, 5.41) is 2.86. The summed E-state index contributed by atoms with van der Waals surface area (Å²) in [5.74, 6) is 1.21. The number of nitrogens with one attached hydrogen (secondary N) is 1. The predicted octanol–water partition coefficient (Wildman–Crippen LogP) is 4.00. The Morgan fingerprint density at radius 2 is 1.86 bits per heavy atom. The standard InChI is InChI=1S/C19H21F3N2O3S/c1-13-2-7-17(27-13)16(24-8-10-26-11-9-24)12-23-18(25)14-3-5-15(6-4-14)28-19(20,21)22/h2-7,16H,8-12H2,1H3,(H,23,25). The van der Waals surface area contributed by atoms with E-state index in [0.717, 1.165) is 24.6 Å². The third-order valence-electron chi connectivity index (χ3n) is 4.38. The quantitative estimate of drug-likeness (QED) is 0.724. The fourth-order valence-electron chi connectivity index (χ4n) is 3.03. The maximum atomic E-state index is 12.5. The average Bonchev–Trinajstić information content (AvgIpc) is 3.08. The fourth-order valence-corrected chi connectivity index (χ4v) is 3.57. The summed E-state index contributed by atoms with van der Waals surface area (Å²) in [6.45, 7) is 4.86. The van der Waals surface area contributed by atoms with Crippen LogP contribution in [0.4, 0.5) is 13.2 Å². The minimum atomic E-state index is -4.35. The Morgan fingerprint density at radius 1 is 1.18 bits per heavy atom. The number of morpholine rings is 1.